The first-order valence-electron chi connectivity index (χ1n) is 13.4. The van der Waals surface area contributed by atoms with Crippen molar-refractivity contribution in [3.05, 3.63) is 89.5 Å². The second-order valence-corrected chi connectivity index (χ2v) is 12.3. The number of carbonyl (C=O) groups excluding carboxylic acids is 1. The number of ether oxygens (including phenoxy) is 1. The highest BCUT2D eigenvalue weighted by atomic mass is 32.2. The maximum absolute atomic E-state index is 13.7. The third kappa shape index (κ3) is 7.42. The molecule has 12 heteroatoms. The van der Waals surface area contributed by atoms with Gasteiger partial charge in [0, 0.05) is 31.2 Å². The van der Waals surface area contributed by atoms with Crippen LogP contribution in [0, 0.1) is 5.92 Å². The molecule has 226 valence electrons. The van der Waals surface area contributed by atoms with Gasteiger partial charge in [-0.2, -0.15) is 13.2 Å². The van der Waals surface area contributed by atoms with E-state index in [9.17, 15) is 31.5 Å². The first kappa shape index (κ1) is 31.3. The molecule has 1 aliphatic rings. The van der Waals surface area contributed by atoms with E-state index in [1.54, 1.807) is 36.1 Å². The van der Waals surface area contributed by atoms with Gasteiger partial charge in [-0.1, -0.05) is 37.3 Å². The topological polar surface area (TPSA) is 99.2 Å². The van der Waals surface area contributed by atoms with E-state index in [2.05, 4.69) is 4.72 Å². The van der Waals surface area contributed by atoms with Crippen molar-refractivity contribution in [3.8, 4) is 5.75 Å². The van der Waals surface area contributed by atoms with E-state index in [1.807, 2.05) is 18.9 Å². The molecule has 0 saturated heterocycles. The lowest BCUT2D eigenvalue weighted by Crippen LogP contribution is -2.49. The van der Waals surface area contributed by atoms with Gasteiger partial charge >= 0.3 is 6.18 Å². The number of anilines is 1. The summed E-state index contributed by atoms with van der Waals surface area (Å²) in [7, 11) is -2.08. The summed E-state index contributed by atoms with van der Waals surface area (Å²) in [4.78, 5) is 17.2. The van der Waals surface area contributed by atoms with Crippen LogP contribution in [-0.2, 0) is 22.7 Å². The number of carbonyl (C=O) groups is 1. The third-order valence-corrected chi connectivity index (χ3v) is 8.59. The Hall–Kier alpha value is -3.61. The molecule has 0 fully saturated rings. The Morgan fingerprint density at radius 1 is 1.10 bits per heavy atom. The van der Waals surface area contributed by atoms with E-state index in [0.717, 1.165) is 12.1 Å². The molecule has 8 nitrogen and oxygen atoms in total. The molecule has 1 heterocycles. The van der Waals surface area contributed by atoms with E-state index in [0.29, 0.717) is 18.7 Å². The van der Waals surface area contributed by atoms with E-state index in [4.69, 9.17) is 4.74 Å². The smallest absolute Gasteiger partial charge is 0.416 e. The zero-order valence-corrected chi connectivity index (χ0v) is 24.3. The van der Waals surface area contributed by atoms with Gasteiger partial charge in [0.15, 0.2) is 0 Å². The molecule has 1 aliphatic heterocycles. The van der Waals surface area contributed by atoms with Crippen LogP contribution in [0.5, 0.6) is 5.75 Å². The Kier molecular flexibility index (Phi) is 9.49. The number of nitrogens with one attached hydrogen (secondary N) is 1. The predicted molar refractivity (Wildman–Crippen MR) is 153 cm³/mol. The maximum Gasteiger partial charge on any atom is 0.416 e. The van der Waals surface area contributed by atoms with Crippen LogP contribution in [0.15, 0.2) is 77.7 Å². The van der Waals surface area contributed by atoms with E-state index in [1.165, 1.54) is 36.4 Å². The molecule has 2 N–H and O–H groups in total. The summed E-state index contributed by atoms with van der Waals surface area (Å²) in [6.45, 7) is 4.40. The lowest BCUT2D eigenvalue weighted by atomic mass is 9.99. The highest BCUT2D eigenvalue weighted by molar-refractivity contribution is 7.92. The van der Waals surface area contributed by atoms with Crippen molar-refractivity contribution in [2.45, 2.75) is 43.6 Å². The van der Waals surface area contributed by atoms with Crippen LogP contribution in [0.1, 0.15) is 35.3 Å². The zero-order chi connectivity index (χ0) is 30.7. The Labute approximate surface area is 243 Å². The molecule has 0 aliphatic carbocycles. The summed E-state index contributed by atoms with van der Waals surface area (Å²) in [6.07, 6.45) is -4.84. The van der Waals surface area contributed by atoms with Crippen molar-refractivity contribution in [3.63, 3.8) is 0 Å². The summed E-state index contributed by atoms with van der Waals surface area (Å²) in [5.41, 5.74) is 0.308. The first-order valence-corrected chi connectivity index (χ1v) is 14.9. The summed E-state index contributed by atoms with van der Waals surface area (Å²) in [5.74, 6) is -0.324. The van der Waals surface area contributed by atoms with Gasteiger partial charge in [-0.25, -0.2) is 8.42 Å². The second kappa shape index (κ2) is 12.7. The number of nitrogens with zero attached hydrogens (tertiary/aromatic N) is 2. The van der Waals surface area contributed by atoms with Crippen LogP contribution in [0.2, 0.25) is 0 Å². The van der Waals surface area contributed by atoms with Crippen molar-refractivity contribution in [1.82, 2.24) is 9.80 Å². The maximum atomic E-state index is 13.7. The van der Waals surface area contributed by atoms with Gasteiger partial charge in [-0.05, 0) is 62.0 Å². The quantitative estimate of drug-likeness (QED) is 0.362. The Morgan fingerprint density at radius 2 is 1.76 bits per heavy atom. The zero-order valence-electron chi connectivity index (χ0n) is 23.5. The van der Waals surface area contributed by atoms with E-state index in [-0.39, 0.29) is 41.0 Å². The number of aliphatic hydroxyl groups excluding tert-OH is 1. The predicted octanol–water partition coefficient (Wildman–Crippen LogP) is 4.86. The van der Waals surface area contributed by atoms with Gasteiger partial charge in [0.25, 0.3) is 15.9 Å². The van der Waals surface area contributed by atoms with Gasteiger partial charge in [-0.15, -0.1) is 0 Å². The van der Waals surface area contributed by atoms with Crippen LogP contribution >= 0.6 is 0 Å². The minimum Gasteiger partial charge on any atom is -0.488 e. The normalized spacial score (nSPS) is 18.6. The average Bonchev–Trinajstić information content (AvgIpc) is 2.95. The van der Waals surface area contributed by atoms with Crippen molar-refractivity contribution >= 4 is 21.6 Å². The largest absolute Gasteiger partial charge is 0.488 e. The molecular formula is C30H34F3N3O5S. The summed E-state index contributed by atoms with van der Waals surface area (Å²) in [5, 5.41) is 9.88. The minimum atomic E-state index is -4.41. The highest BCUT2D eigenvalue weighted by Crippen LogP contribution is 2.32. The van der Waals surface area contributed by atoms with Crippen LogP contribution in [-0.4, -0.2) is 68.1 Å². The van der Waals surface area contributed by atoms with Gasteiger partial charge in [0.05, 0.1) is 28.7 Å². The number of benzene rings is 3. The van der Waals surface area contributed by atoms with Crippen LogP contribution in [0.25, 0.3) is 0 Å². The number of rotatable bonds is 9. The molecular weight excluding hydrogens is 571 g/mol. The Balaban J connectivity index is 1.59. The molecule has 4 rings (SSSR count). The first-order chi connectivity index (χ1) is 19.8. The molecule has 3 aromatic carbocycles. The number of amides is 1. The molecule has 0 unspecified atom stereocenters. The standard InChI is InChI=1S/C30H34F3N3O5S/c1-20-16-36(21(2)19-37)29(38)26-15-24(34-42(39,40)25-7-5-4-6-8-25)13-14-27(26)41-28(20)18-35(3)17-22-9-11-23(12-10-22)30(31,32)33/h4-15,20-21,28,34,37H,16-19H2,1-3H3/t20-,21-,28+/m0/s1. The summed E-state index contributed by atoms with van der Waals surface area (Å²) >= 11 is 0. The van der Waals surface area contributed by atoms with E-state index >= 15 is 0 Å². The number of sulfonamides is 1. The van der Waals surface area contributed by atoms with Gasteiger partial charge in [0.2, 0.25) is 0 Å². The van der Waals surface area contributed by atoms with Crippen LogP contribution in [0.3, 0.4) is 0 Å². The number of likely N-dealkylation sites (N-methyl/N-ethyl adjacent to an activating group) is 1. The van der Waals surface area contributed by atoms with Crippen LogP contribution < -0.4 is 9.46 Å². The highest BCUT2D eigenvalue weighted by Gasteiger charge is 2.34. The SMILES string of the molecule is C[C@H]1CN([C@@H](C)CO)C(=O)c2cc(NS(=O)(=O)c3ccccc3)ccc2O[C@@H]1CN(C)Cc1ccc(C(F)(F)F)cc1. The number of alkyl halides is 3. The average molecular weight is 606 g/mol. The lowest BCUT2D eigenvalue weighted by molar-refractivity contribution is -0.137. The molecule has 3 atom stereocenters. The molecule has 0 saturated carbocycles. The summed E-state index contributed by atoms with van der Waals surface area (Å²) < 4.78 is 73.5. The molecule has 1 amide bonds. The molecule has 0 bridgehead atoms. The van der Waals surface area contributed by atoms with Gasteiger partial charge in [-0.3, -0.25) is 14.4 Å². The number of halogens is 3. The van der Waals surface area contributed by atoms with E-state index < -0.39 is 39.8 Å². The molecule has 42 heavy (non-hydrogen) atoms. The lowest BCUT2D eigenvalue weighted by Gasteiger charge is -2.38. The molecule has 0 spiro atoms. The number of hydrogen-bond acceptors (Lipinski definition) is 6. The van der Waals surface area contributed by atoms with Crippen molar-refractivity contribution in [1.29, 1.82) is 0 Å². The van der Waals surface area contributed by atoms with Crippen molar-refractivity contribution < 1.29 is 36.2 Å². The monoisotopic (exact) mass is 605 g/mol. The fourth-order valence-electron chi connectivity index (χ4n) is 4.80. The minimum absolute atomic E-state index is 0.0693. The fourth-order valence-corrected chi connectivity index (χ4v) is 5.87. The van der Waals surface area contributed by atoms with Crippen molar-refractivity contribution in [2.24, 2.45) is 5.92 Å². The Morgan fingerprint density at radius 3 is 2.38 bits per heavy atom. The van der Waals surface area contributed by atoms with Gasteiger partial charge < -0.3 is 14.7 Å². The molecule has 0 radical (unpaired) electrons. The Bertz CT molecular complexity index is 1480. The van der Waals surface area contributed by atoms with Crippen LogP contribution in [0.4, 0.5) is 18.9 Å². The number of aliphatic hydroxyl groups is 1. The van der Waals surface area contributed by atoms with Crippen molar-refractivity contribution in [2.75, 3.05) is 31.5 Å². The molecule has 0 aromatic heterocycles. The summed E-state index contributed by atoms with van der Waals surface area (Å²) in [6, 6.07) is 16.8. The number of fused-ring (bicyclic) bond motifs is 1. The third-order valence-electron chi connectivity index (χ3n) is 7.20. The second-order valence-electron chi connectivity index (χ2n) is 10.6. The number of hydrogen-bond donors (Lipinski definition) is 2. The molecule has 3 aromatic rings. The van der Waals surface area contributed by atoms with Gasteiger partial charge in [0.1, 0.15) is 11.9 Å². The fraction of sp³-hybridized carbons (Fsp3) is 0.367.